The number of amides is 2. The molecule has 0 heterocycles. The minimum Gasteiger partial charge on any atom is -0.454 e. The average molecular weight is 411 g/mol. The first-order valence-corrected chi connectivity index (χ1v) is 9.24. The zero-order chi connectivity index (χ0) is 18.2. The molecular weight excluding hydrogens is 388 g/mol. The smallest absolute Gasteiger partial charge is 0.325 e. The van der Waals surface area contributed by atoms with E-state index in [0.29, 0.717) is 11.5 Å². The lowest BCUT2D eigenvalue weighted by Crippen LogP contribution is -2.43. The zero-order valence-corrected chi connectivity index (χ0v) is 15.8. The molecule has 2 rings (SSSR count). The Kier molecular flexibility index (Phi) is 7.43. The van der Waals surface area contributed by atoms with Crippen molar-refractivity contribution in [2.75, 3.05) is 13.2 Å². The summed E-state index contributed by atoms with van der Waals surface area (Å²) in [6.07, 6.45) is 4.37. The van der Waals surface area contributed by atoms with Crippen LogP contribution in [0.25, 0.3) is 0 Å². The normalized spacial score (nSPS) is 19.8. The predicted molar refractivity (Wildman–Crippen MR) is 97.0 cm³/mol. The van der Waals surface area contributed by atoms with E-state index in [1.54, 1.807) is 24.3 Å². The Morgan fingerprint density at radius 2 is 1.84 bits per heavy atom. The number of carbonyl (C=O) groups excluding carboxylic acids is 3. The number of rotatable bonds is 6. The SMILES string of the molecule is C[C@H]1CCCC[C@@H]1NC(=O)COC(=O)CNC(=O)c1ccc(Br)cc1. The Bertz CT molecular complexity index is 618. The Balaban J connectivity index is 1.67. The highest BCUT2D eigenvalue weighted by molar-refractivity contribution is 9.10. The van der Waals surface area contributed by atoms with E-state index in [0.717, 1.165) is 23.7 Å². The molecule has 0 radical (unpaired) electrons. The first kappa shape index (κ1) is 19.4. The summed E-state index contributed by atoms with van der Waals surface area (Å²) in [7, 11) is 0. The van der Waals surface area contributed by atoms with Crippen molar-refractivity contribution in [2.45, 2.75) is 38.6 Å². The molecule has 1 fully saturated rings. The van der Waals surface area contributed by atoms with Crippen LogP contribution < -0.4 is 10.6 Å². The van der Waals surface area contributed by atoms with Crippen LogP contribution in [-0.4, -0.2) is 37.0 Å². The number of nitrogens with one attached hydrogen (secondary N) is 2. The van der Waals surface area contributed by atoms with E-state index >= 15 is 0 Å². The van der Waals surface area contributed by atoms with E-state index < -0.39 is 5.97 Å². The first-order chi connectivity index (χ1) is 12.0. The number of hydrogen-bond donors (Lipinski definition) is 2. The van der Waals surface area contributed by atoms with Gasteiger partial charge in [-0.3, -0.25) is 14.4 Å². The molecule has 1 aliphatic rings. The summed E-state index contributed by atoms with van der Waals surface area (Å²) in [6, 6.07) is 6.91. The molecule has 6 nitrogen and oxygen atoms in total. The molecule has 2 amide bonds. The second-order valence-electron chi connectivity index (χ2n) is 6.29. The van der Waals surface area contributed by atoms with Crippen molar-refractivity contribution in [3.05, 3.63) is 34.3 Å². The molecule has 25 heavy (non-hydrogen) atoms. The van der Waals surface area contributed by atoms with Gasteiger partial charge < -0.3 is 15.4 Å². The van der Waals surface area contributed by atoms with Crippen LogP contribution in [0.3, 0.4) is 0 Å². The van der Waals surface area contributed by atoms with Crippen LogP contribution in [0.1, 0.15) is 43.0 Å². The number of hydrogen-bond acceptors (Lipinski definition) is 4. The van der Waals surface area contributed by atoms with Gasteiger partial charge in [0.1, 0.15) is 6.54 Å². The number of halogens is 1. The summed E-state index contributed by atoms with van der Waals surface area (Å²) in [5.41, 5.74) is 0.444. The standard InChI is InChI=1S/C18H23BrN2O4/c1-12-4-2-3-5-15(12)21-16(22)11-25-17(23)10-20-18(24)13-6-8-14(19)9-7-13/h6-9,12,15H,2-5,10-11H2,1H3,(H,20,24)(H,21,22)/t12-,15-/m0/s1. The van der Waals surface area contributed by atoms with Crippen molar-refractivity contribution < 1.29 is 19.1 Å². The van der Waals surface area contributed by atoms with Crippen LogP contribution in [0.4, 0.5) is 0 Å². The van der Waals surface area contributed by atoms with Gasteiger partial charge in [-0.15, -0.1) is 0 Å². The third kappa shape index (κ3) is 6.49. The van der Waals surface area contributed by atoms with Crippen LogP contribution in [-0.2, 0) is 14.3 Å². The highest BCUT2D eigenvalue weighted by Gasteiger charge is 2.23. The molecule has 0 bridgehead atoms. The van der Waals surface area contributed by atoms with Crippen molar-refractivity contribution in [1.82, 2.24) is 10.6 Å². The molecule has 0 saturated heterocycles. The molecular formula is C18H23BrN2O4. The summed E-state index contributed by atoms with van der Waals surface area (Å²) >= 11 is 3.29. The monoisotopic (exact) mass is 410 g/mol. The van der Waals surface area contributed by atoms with Gasteiger partial charge >= 0.3 is 5.97 Å². The zero-order valence-electron chi connectivity index (χ0n) is 14.2. The molecule has 0 aliphatic heterocycles. The van der Waals surface area contributed by atoms with Gasteiger partial charge in [0.25, 0.3) is 11.8 Å². The minimum atomic E-state index is -0.641. The van der Waals surface area contributed by atoms with Crippen LogP contribution in [0.2, 0.25) is 0 Å². The van der Waals surface area contributed by atoms with E-state index in [1.807, 2.05) is 0 Å². The Morgan fingerprint density at radius 1 is 1.16 bits per heavy atom. The van der Waals surface area contributed by atoms with E-state index in [1.165, 1.54) is 6.42 Å². The molecule has 7 heteroatoms. The summed E-state index contributed by atoms with van der Waals surface area (Å²) in [5, 5.41) is 5.38. The second kappa shape index (κ2) is 9.56. The maximum Gasteiger partial charge on any atom is 0.325 e. The van der Waals surface area contributed by atoms with Crippen LogP contribution in [0.5, 0.6) is 0 Å². The third-order valence-corrected chi connectivity index (χ3v) is 4.85. The fraction of sp³-hybridized carbons (Fsp3) is 0.500. The summed E-state index contributed by atoms with van der Waals surface area (Å²) in [6.45, 7) is 1.52. The van der Waals surface area contributed by atoms with Crippen molar-refractivity contribution in [1.29, 1.82) is 0 Å². The molecule has 2 atom stereocenters. The van der Waals surface area contributed by atoms with Gasteiger partial charge in [-0.2, -0.15) is 0 Å². The lowest BCUT2D eigenvalue weighted by atomic mass is 9.86. The highest BCUT2D eigenvalue weighted by atomic mass is 79.9. The summed E-state index contributed by atoms with van der Waals surface area (Å²) in [4.78, 5) is 35.4. The van der Waals surface area contributed by atoms with Gasteiger partial charge in [0.2, 0.25) is 0 Å². The van der Waals surface area contributed by atoms with E-state index in [9.17, 15) is 14.4 Å². The molecule has 1 aromatic carbocycles. The maximum atomic E-state index is 11.9. The van der Waals surface area contributed by atoms with Crippen LogP contribution in [0, 0.1) is 5.92 Å². The minimum absolute atomic E-state index is 0.150. The number of ether oxygens (including phenoxy) is 1. The molecule has 0 spiro atoms. The molecule has 1 saturated carbocycles. The molecule has 0 unspecified atom stereocenters. The topological polar surface area (TPSA) is 84.5 Å². The lowest BCUT2D eigenvalue weighted by molar-refractivity contribution is -0.147. The van der Waals surface area contributed by atoms with Crippen molar-refractivity contribution in [2.24, 2.45) is 5.92 Å². The quantitative estimate of drug-likeness (QED) is 0.705. The van der Waals surface area contributed by atoms with Crippen LogP contribution >= 0.6 is 15.9 Å². The molecule has 2 N–H and O–H groups in total. The fourth-order valence-electron chi connectivity index (χ4n) is 2.83. The predicted octanol–water partition coefficient (Wildman–Crippen LogP) is 2.42. The Hall–Kier alpha value is -1.89. The van der Waals surface area contributed by atoms with E-state index in [-0.39, 0.29) is 31.0 Å². The number of esters is 1. The van der Waals surface area contributed by atoms with Gasteiger partial charge in [-0.05, 0) is 43.0 Å². The maximum absolute atomic E-state index is 11.9. The van der Waals surface area contributed by atoms with Crippen molar-refractivity contribution in [3.63, 3.8) is 0 Å². The Morgan fingerprint density at radius 3 is 2.52 bits per heavy atom. The van der Waals surface area contributed by atoms with E-state index in [2.05, 4.69) is 33.5 Å². The summed E-state index contributed by atoms with van der Waals surface area (Å²) < 4.78 is 5.78. The van der Waals surface area contributed by atoms with Crippen molar-refractivity contribution >= 4 is 33.7 Å². The van der Waals surface area contributed by atoms with Crippen LogP contribution in [0.15, 0.2) is 28.7 Å². The first-order valence-electron chi connectivity index (χ1n) is 8.44. The lowest BCUT2D eigenvalue weighted by Gasteiger charge is -2.29. The summed E-state index contributed by atoms with van der Waals surface area (Å²) in [5.74, 6) is -0.868. The van der Waals surface area contributed by atoms with E-state index in [4.69, 9.17) is 4.74 Å². The fourth-order valence-corrected chi connectivity index (χ4v) is 3.10. The van der Waals surface area contributed by atoms with Gasteiger partial charge in [0.15, 0.2) is 6.61 Å². The van der Waals surface area contributed by atoms with Gasteiger partial charge in [0.05, 0.1) is 0 Å². The average Bonchev–Trinajstić information content (AvgIpc) is 2.60. The molecule has 136 valence electrons. The number of benzene rings is 1. The Labute approximate surface area is 155 Å². The molecule has 1 aliphatic carbocycles. The second-order valence-corrected chi connectivity index (χ2v) is 7.20. The van der Waals surface area contributed by atoms with Gasteiger partial charge in [-0.25, -0.2) is 0 Å². The van der Waals surface area contributed by atoms with Gasteiger partial charge in [0, 0.05) is 16.1 Å². The highest BCUT2D eigenvalue weighted by Crippen LogP contribution is 2.23. The number of carbonyl (C=O) groups is 3. The third-order valence-electron chi connectivity index (χ3n) is 4.32. The van der Waals surface area contributed by atoms with Gasteiger partial charge in [-0.1, -0.05) is 35.7 Å². The van der Waals surface area contributed by atoms with Crippen molar-refractivity contribution in [3.8, 4) is 0 Å². The molecule has 1 aromatic rings. The largest absolute Gasteiger partial charge is 0.454 e. The molecule has 0 aromatic heterocycles.